The van der Waals surface area contributed by atoms with E-state index in [1.165, 1.54) is 30.2 Å². The van der Waals surface area contributed by atoms with Gasteiger partial charge in [-0.05, 0) is 79.6 Å². The van der Waals surface area contributed by atoms with Crippen LogP contribution in [0.5, 0.6) is 0 Å². The lowest BCUT2D eigenvalue weighted by molar-refractivity contribution is 0.686. The summed E-state index contributed by atoms with van der Waals surface area (Å²) in [5, 5.41) is 27.3. The van der Waals surface area contributed by atoms with Gasteiger partial charge in [-0.2, -0.15) is 15.0 Å². The Morgan fingerprint density at radius 2 is 1.80 bits per heavy atom. The Balaban J connectivity index is 1.32. The lowest BCUT2D eigenvalue weighted by Gasteiger charge is -2.16. The Labute approximate surface area is 203 Å². The monoisotopic (exact) mass is 457 g/mol. The molecule has 0 amide bonds. The first kappa shape index (κ1) is 21.0. The molecule has 2 aromatic carbocycles. The lowest BCUT2D eigenvalue weighted by atomic mass is 9.90. The predicted molar refractivity (Wildman–Crippen MR) is 136 cm³/mol. The van der Waals surface area contributed by atoms with Crippen LogP contribution < -0.4 is 5.32 Å². The summed E-state index contributed by atoms with van der Waals surface area (Å²) in [7, 11) is 0. The molecule has 3 heterocycles. The van der Waals surface area contributed by atoms with Crippen molar-refractivity contribution >= 4 is 22.5 Å². The molecule has 0 saturated carbocycles. The molecular formula is C28H23N7. The number of nitrogens with zero attached hydrogens (tertiary/aromatic N) is 6. The molecule has 0 unspecified atom stereocenters. The van der Waals surface area contributed by atoms with Crippen molar-refractivity contribution in [2.45, 2.75) is 32.6 Å². The second-order valence-electron chi connectivity index (χ2n) is 8.86. The number of hydrogen-bond acceptors (Lipinski definition) is 6. The van der Waals surface area contributed by atoms with Crippen LogP contribution in [0.25, 0.3) is 28.0 Å². The van der Waals surface area contributed by atoms with Crippen LogP contribution in [0.15, 0.2) is 66.9 Å². The predicted octanol–water partition coefficient (Wildman–Crippen LogP) is 5.68. The largest absolute Gasteiger partial charge is 0.322 e. The molecule has 0 radical (unpaired) electrons. The highest BCUT2D eigenvalue weighted by Crippen LogP contribution is 2.28. The van der Waals surface area contributed by atoms with Gasteiger partial charge >= 0.3 is 0 Å². The van der Waals surface area contributed by atoms with Gasteiger partial charge in [-0.1, -0.05) is 30.3 Å². The average molecular weight is 458 g/mol. The molecule has 35 heavy (non-hydrogen) atoms. The van der Waals surface area contributed by atoms with Gasteiger partial charge in [0.1, 0.15) is 11.6 Å². The summed E-state index contributed by atoms with van der Waals surface area (Å²) in [6.07, 6.45) is 6.32. The Kier molecular flexibility index (Phi) is 5.19. The van der Waals surface area contributed by atoms with Gasteiger partial charge < -0.3 is 5.32 Å². The molecule has 0 spiro atoms. The second-order valence-corrected chi connectivity index (χ2v) is 8.86. The molecule has 0 aliphatic heterocycles. The van der Waals surface area contributed by atoms with Gasteiger partial charge in [-0.25, -0.2) is 4.98 Å². The number of benzene rings is 2. The molecule has 170 valence electrons. The molecule has 5 aromatic rings. The third-order valence-electron chi connectivity index (χ3n) is 6.57. The van der Waals surface area contributed by atoms with Crippen LogP contribution in [0.2, 0.25) is 0 Å². The molecular weight excluding hydrogens is 434 g/mol. The number of nitrogens with one attached hydrogen (secondary N) is 1. The van der Waals surface area contributed by atoms with Crippen LogP contribution in [0.3, 0.4) is 0 Å². The summed E-state index contributed by atoms with van der Waals surface area (Å²) in [6.45, 7) is 2.04. The molecule has 1 aliphatic carbocycles. The Hall–Kier alpha value is -4.57. The SMILES string of the molecule is Cc1cc(-n2ncc(C#N)c2Nc2ccc(-c3ccc4c(c3)CCCC4)nn2)nc2ccccc12. The van der Waals surface area contributed by atoms with Crippen molar-refractivity contribution in [3.05, 3.63) is 89.1 Å². The van der Waals surface area contributed by atoms with Crippen LogP contribution in [0.1, 0.15) is 35.1 Å². The van der Waals surface area contributed by atoms with E-state index in [1.807, 2.05) is 49.4 Å². The fraction of sp³-hybridized carbons (Fsp3) is 0.179. The third-order valence-corrected chi connectivity index (χ3v) is 6.57. The van der Waals surface area contributed by atoms with Crippen molar-refractivity contribution in [2.24, 2.45) is 0 Å². The first-order chi connectivity index (χ1) is 17.2. The molecule has 3 aromatic heterocycles. The van der Waals surface area contributed by atoms with Crippen molar-refractivity contribution in [3.8, 4) is 23.1 Å². The van der Waals surface area contributed by atoms with E-state index < -0.39 is 0 Å². The number of aromatic nitrogens is 5. The van der Waals surface area contributed by atoms with Crippen molar-refractivity contribution in [2.75, 3.05) is 5.32 Å². The van der Waals surface area contributed by atoms with E-state index in [2.05, 4.69) is 44.9 Å². The van der Waals surface area contributed by atoms with E-state index in [-0.39, 0.29) is 0 Å². The van der Waals surface area contributed by atoms with E-state index in [0.29, 0.717) is 23.0 Å². The summed E-state index contributed by atoms with van der Waals surface area (Å²) >= 11 is 0. The molecule has 1 N–H and O–H groups in total. The number of anilines is 2. The molecule has 7 nitrogen and oxygen atoms in total. The molecule has 7 heteroatoms. The quantitative estimate of drug-likeness (QED) is 0.373. The summed E-state index contributed by atoms with van der Waals surface area (Å²) in [5.41, 5.74) is 7.11. The Morgan fingerprint density at radius 1 is 0.943 bits per heavy atom. The fourth-order valence-electron chi connectivity index (χ4n) is 4.73. The highest BCUT2D eigenvalue weighted by atomic mass is 15.4. The van der Waals surface area contributed by atoms with Crippen molar-refractivity contribution in [1.29, 1.82) is 5.26 Å². The zero-order valence-corrected chi connectivity index (χ0v) is 19.4. The first-order valence-electron chi connectivity index (χ1n) is 11.8. The molecule has 0 bridgehead atoms. The van der Waals surface area contributed by atoms with Gasteiger partial charge in [0.05, 0.1) is 17.4 Å². The maximum Gasteiger partial charge on any atom is 0.156 e. The zero-order valence-electron chi connectivity index (χ0n) is 19.4. The smallest absolute Gasteiger partial charge is 0.156 e. The summed E-state index contributed by atoms with van der Waals surface area (Å²) in [6, 6.07) is 22.5. The standard InChI is InChI=1S/C28H23N7/c1-18-14-27(31-25-9-5-4-8-23(18)25)35-28(22(16-29)17-30-35)32-26-13-12-24(33-34-26)21-11-10-19-6-2-3-7-20(19)15-21/h4-5,8-15,17H,2-3,6-7H2,1H3,(H,32,34). The first-order valence-corrected chi connectivity index (χ1v) is 11.8. The maximum absolute atomic E-state index is 9.67. The van der Waals surface area contributed by atoms with Crippen LogP contribution >= 0.6 is 0 Å². The third kappa shape index (κ3) is 3.89. The molecule has 1 aliphatic rings. The normalized spacial score (nSPS) is 12.8. The minimum absolute atomic E-state index is 0.401. The van der Waals surface area contributed by atoms with Gasteiger partial charge in [0.2, 0.25) is 0 Å². The molecule has 6 rings (SSSR count). The van der Waals surface area contributed by atoms with Gasteiger partial charge in [-0.15, -0.1) is 10.2 Å². The zero-order chi connectivity index (χ0) is 23.8. The van der Waals surface area contributed by atoms with Gasteiger partial charge in [-0.3, -0.25) is 0 Å². The number of nitriles is 1. The minimum atomic E-state index is 0.401. The van der Waals surface area contributed by atoms with E-state index in [9.17, 15) is 5.26 Å². The number of rotatable bonds is 4. The van der Waals surface area contributed by atoms with Crippen LogP contribution in [-0.2, 0) is 12.8 Å². The topological polar surface area (TPSA) is 92.3 Å². The van der Waals surface area contributed by atoms with E-state index >= 15 is 0 Å². The summed E-state index contributed by atoms with van der Waals surface area (Å²) in [5.74, 6) is 1.66. The van der Waals surface area contributed by atoms with Crippen LogP contribution in [0, 0.1) is 18.3 Å². The van der Waals surface area contributed by atoms with Gasteiger partial charge in [0.25, 0.3) is 0 Å². The highest BCUT2D eigenvalue weighted by Gasteiger charge is 2.16. The van der Waals surface area contributed by atoms with Crippen molar-refractivity contribution in [1.82, 2.24) is 25.0 Å². The Morgan fingerprint density at radius 3 is 2.63 bits per heavy atom. The average Bonchev–Trinajstić information content (AvgIpc) is 3.31. The maximum atomic E-state index is 9.67. The lowest BCUT2D eigenvalue weighted by Crippen LogP contribution is -2.07. The van der Waals surface area contributed by atoms with Crippen molar-refractivity contribution in [3.63, 3.8) is 0 Å². The number of aryl methyl sites for hydroxylation is 3. The van der Waals surface area contributed by atoms with E-state index in [1.54, 1.807) is 4.68 Å². The van der Waals surface area contributed by atoms with E-state index in [4.69, 9.17) is 4.98 Å². The number of pyridine rings is 1. The van der Waals surface area contributed by atoms with Gasteiger partial charge in [0.15, 0.2) is 17.5 Å². The molecule has 0 fully saturated rings. The van der Waals surface area contributed by atoms with Crippen molar-refractivity contribution < 1.29 is 0 Å². The van der Waals surface area contributed by atoms with Crippen LogP contribution in [-0.4, -0.2) is 25.0 Å². The van der Waals surface area contributed by atoms with Gasteiger partial charge in [0, 0.05) is 10.9 Å². The fourth-order valence-corrected chi connectivity index (χ4v) is 4.73. The second kappa shape index (κ2) is 8.65. The van der Waals surface area contributed by atoms with Crippen LogP contribution in [0.4, 0.5) is 11.6 Å². The molecule has 0 atom stereocenters. The minimum Gasteiger partial charge on any atom is -0.322 e. The summed E-state index contributed by atoms with van der Waals surface area (Å²) in [4.78, 5) is 4.76. The molecule has 0 saturated heterocycles. The number of hydrogen-bond donors (Lipinski definition) is 1. The number of para-hydroxylation sites is 1. The highest BCUT2D eigenvalue weighted by molar-refractivity contribution is 5.83. The Bertz CT molecular complexity index is 1590. The summed E-state index contributed by atoms with van der Waals surface area (Å²) < 4.78 is 1.64. The van der Waals surface area contributed by atoms with E-state index in [0.717, 1.165) is 40.6 Å². The number of fused-ring (bicyclic) bond motifs is 2.